The normalized spacial score (nSPS) is 16.7. The Balaban J connectivity index is -0.000000384. The zero-order valence-electron chi connectivity index (χ0n) is 64.1. The van der Waals surface area contributed by atoms with Gasteiger partial charge in [0.25, 0.3) is 33.0 Å². The molecule has 0 radical (unpaired) electrons. The second-order valence-electron chi connectivity index (χ2n) is 27.5. The number of hydrogen-bond acceptors (Lipinski definition) is 12. The number of nitrogens with zero attached hydrogens (tertiary/aromatic N) is 3. The van der Waals surface area contributed by atoms with Gasteiger partial charge in [0, 0.05) is 30.2 Å². The predicted octanol–water partition coefficient (Wildman–Crippen LogP) is 16.7. The molecule has 14 rings (SSSR count). The Kier molecular flexibility index (Phi) is 55.8. The molecule has 8 saturated carbocycles. The summed E-state index contributed by atoms with van der Waals surface area (Å²) in [6.45, 7) is 6.90. The molecule has 6 N–H and O–H groups in total. The first-order valence-corrected chi connectivity index (χ1v) is 35.6. The summed E-state index contributed by atoms with van der Waals surface area (Å²) in [4.78, 5) is 107. The van der Waals surface area contributed by atoms with Crippen molar-refractivity contribution >= 4 is 0 Å². The maximum atomic E-state index is 13.1. The molecule has 0 spiro atoms. The number of unbranched alkanes of at least 4 members (excludes halogenated alkanes) is 1. The molecule has 584 valence electrons. The average molecular weight is 1590 g/mol. The van der Waals surface area contributed by atoms with E-state index in [2.05, 4.69) is 22.2 Å². The zero-order valence-corrected chi connectivity index (χ0v) is 68.5. The van der Waals surface area contributed by atoms with Crippen LogP contribution in [0.1, 0.15) is 287 Å². The molecule has 3 aromatic carbocycles. The number of rotatable bonds is 15. The fraction of sp³-hybridized carbons (Fsp3) is 0.637. The molecular formula is C80H130Fe4N6O12. The number of hydrogen-bond donors (Lipinski definition) is 6. The Morgan fingerprint density at radius 2 is 0.647 bits per heavy atom. The molecular weight excluding hydrogens is 1460 g/mol. The van der Waals surface area contributed by atoms with Gasteiger partial charge in [-0.05, 0) is 88.4 Å². The number of nitrogens with one attached hydrogen (secondary N) is 3. The third kappa shape index (κ3) is 27.2. The van der Waals surface area contributed by atoms with Gasteiger partial charge in [0.05, 0.1) is 39.4 Å². The molecule has 8 fully saturated rings. The van der Waals surface area contributed by atoms with Crippen LogP contribution in [0, 0.1) is 90.0 Å². The molecule has 1 atom stereocenters. The minimum absolute atomic E-state index is 0. The van der Waals surface area contributed by atoms with Gasteiger partial charge in [0.15, 0.2) is 17.2 Å². The molecule has 0 aliphatic heterocycles. The first-order chi connectivity index (χ1) is 43.6. The third-order valence-corrected chi connectivity index (χ3v) is 20.8. The van der Waals surface area contributed by atoms with E-state index in [1.807, 2.05) is 6.92 Å². The van der Waals surface area contributed by atoms with Gasteiger partial charge in [-0.2, -0.15) is 0 Å². The Morgan fingerprint density at radius 1 is 0.353 bits per heavy atom. The number of aromatic hydroxyl groups is 3. The number of aryl methyl sites for hydroxylation is 2. The monoisotopic (exact) mass is 1590 g/mol. The zero-order chi connectivity index (χ0) is 64.3. The molecule has 18 nitrogen and oxygen atoms in total. The van der Waals surface area contributed by atoms with Gasteiger partial charge >= 0.3 is 68.3 Å². The molecule has 0 amide bonds. The predicted molar refractivity (Wildman–Crippen MR) is 409 cm³/mol. The number of aromatic amines is 3. The summed E-state index contributed by atoms with van der Waals surface area (Å²) in [7, 11) is 0. The first kappa shape index (κ1) is 106. The summed E-state index contributed by atoms with van der Waals surface area (Å²) in [6.07, 6.45) is 52.7. The molecule has 22 heteroatoms. The van der Waals surface area contributed by atoms with Gasteiger partial charge in [-0.25, -0.2) is 4.68 Å². The summed E-state index contributed by atoms with van der Waals surface area (Å²) in [5.41, 5.74) is -3.84. The largest absolute Gasteiger partial charge is 2.00 e. The van der Waals surface area contributed by atoms with Crippen molar-refractivity contribution in [1.82, 2.24) is 29.3 Å². The number of H-pyrrole nitrogens is 3. The van der Waals surface area contributed by atoms with Gasteiger partial charge in [0.2, 0.25) is 16.3 Å². The molecule has 0 bridgehead atoms. The van der Waals surface area contributed by atoms with E-state index in [1.54, 1.807) is 16.3 Å². The van der Waals surface area contributed by atoms with Crippen molar-refractivity contribution in [3.8, 4) is 50.6 Å². The molecule has 6 aromatic rings. The first-order valence-electron chi connectivity index (χ1n) is 35.6. The maximum Gasteiger partial charge on any atom is 2.00 e. The minimum atomic E-state index is -0.914. The Morgan fingerprint density at radius 3 is 0.971 bits per heavy atom. The van der Waals surface area contributed by atoms with Gasteiger partial charge < -0.3 is 74.7 Å². The van der Waals surface area contributed by atoms with Crippen molar-refractivity contribution in [2.45, 2.75) is 303 Å². The smallest absolute Gasteiger partial charge is 0.503 e. The van der Waals surface area contributed by atoms with Crippen LogP contribution >= 0.6 is 0 Å². The van der Waals surface area contributed by atoms with Crippen LogP contribution in [-0.4, -0.2) is 44.7 Å². The fourth-order valence-corrected chi connectivity index (χ4v) is 15.5. The summed E-state index contributed by atoms with van der Waals surface area (Å²) in [5, 5.41) is 38.5. The van der Waals surface area contributed by atoms with E-state index in [1.165, 1.54) is 184 Å². The van der Waals surface area contributed by atoms with Gasteiger partial charge in [-0.15, -0.1) is 0 Å². The van der Waals surface area contributed by atoms with Crippen LogP contribution in [0.25, 0.3) is 33.4 Å². The van der Waals surface area contributed by atoms with Gasteiger partial charge in [-0.1, -0.05) is 219 Å². The second-order valence-corrected chi connectivity index (χ2v) is 27.5. The van der Waals surface area contributed by atoms with Crippen LogP contribution in [0.4, 0.5) is 0 Å². The summed E-state index contributed by atoms with van der Waals surface area (Å²) in [6, 6.07) is 0.0858. The van der Waals surface area contributed by atoms with Crippen molar-refractivity contribution < 1.29 is 83.6 Å². The molecule has 3 aromatic heterocycles. The van der Waals surface area contributed by atoms with E-state index in [-0.39, 0.29) is 184 Å². The SMILES string of the molecule is C1CCCC1.C1CCCC1.C1CCCC1.C1CCCC1.CCCCC(C1CCCC1)n1[nH]c(CC)c(-c2c(O)c(=O)c2=O)c1=O.Cc1[nH]n(CC2CCCC2)c(=O)c1-c1c(O)c(=O)c1=O.O=c1c(O)c(-c2c(CC3CCCC3)[nH]n(CC3CCCC3)c2=O)c1=O.[CH3-].[CH3-].[CH3-].[CH3-].[CH3-].[CH3-].[CH3-].[CH3-].[Fe+2].[Fe+2].[Fe+2].[Fe+2]. The Hall–Kier alpha value is -4.25. The minimum Gasteiger partial charge on any atom is -0.503 e. The van der Waals surface area contributed by atoms with Crippen LogP contribution in [0.5, 0.6) is 17.2 Å². The van der Waals surface area contributed by atoms with E-state index >= 15 is 0 Å². The van der Waals surface area contributed by atoms with Crippen LogP contribution in [0.2, 0.25) is 0 Å². The van der Waals surface area contributed by atoms with Crippen molar-refractivity contribution in [3.05, 3.63) is 169 Å². The molecule has 8 aliphatic carbocycles. The van der Waals surface area contributed by atoms with Crippen molar-refractivity contribution in [2.75, 3.05) is 0 Å². The fourth-order valence-electron chi connectivity index (χ4n) is 15.5. The summed E-state index contributed by atoms with van der Waals surface area (Å²) >= 11 is 0. The summed E-state index contributed by atoms with van der Waals surface area (Å²) in [5.74, 6) is 0.176. The quantitative estimate of drug-likeness (QED) is 0.0318. The molecule has 102 heavy (non-hydrogen) atoms. The molecule has 3 heterocycles. The van der Waals surface area contributed by atoms with E-state index in [0.717, 1.165) is 70.6 Å². The Bertz CT molecular complexity index is 3570. The van der Waals surface area contributed by atoms with Crippen LogP contribution in [0.15, 0.2) is 43.2 Å². The van der Waals surface area contributed by atoms with E-state index in [0.29, 0.717) is 66.7 Å². The van der Waals surface area contributed by atoms with Crippen LogP contribution in [0.3, 0.4) is 0 Å². The molecule has 0 saturated heterocycles. The van der Waals surface area contributed by atoms with Crippen molar-refractivity contribution in [1.29, 1.82) is 0 Å². The van der Waals surface area contributed by atoms with E-state index in [9.17, 15) is 58.5 Å². The van der Waals surface area contributed by atoms with Crippen LogP contribution in [-0.2, 0) is 94.2 Å². The molecule has 1 unspecified atom stereocenters. The van der Waals surface area contributed by atoms with Crippen molar-refractivity contribution in [2.24, 2.45) is 23.7 Å². The average Bonchev–Trinajstić information content (AvgIpc) is 1.49. The van der Waals surface area contributed by atoms with Gasteiger partial charge in [-0.3, -0.25) is 67.8 Å². The van der Waals surface area contributed by atoms with Crippen molar-refractivity contribution in [3.63, 3.8) is 0 Å². The second kappa shape index (κ2) is 53.5. The summed E-state index contributed by atoms with van der Waals surface area (Å²) < 4.78 is 4.74. The Labute approximate surface area is 654 Å². The topological polar surface area (TPSA) is 276 Å². The maximum absolute atomic E-state index is 13.1. The molecule has 8 aliphatic rings. The van der Waals surface area contributed by atoms with E-state index in [4.69, 9.17) is 0 Å². The number of aromatic nitrogens is 6. The van der Waals surface area contributed by atoms with Crippen LogP contribution < -0.4 is 49.3 Å². The third-order valence-electron chi connectivity index (χ3n) is 20.8. The standard InChI is InChI=1S/C19H24N2O4.C19H26N2O4.C14H16N2O4.4C5H10.8CH3.4Fe/c22-16-15(17(23)18(16)24)14-13(9-11-5-1-2-6-11)20-21(19(14)25)10-12-7-3-4-8-12;1-3-5-10-13(11-8-6-7-9-11)21-19(25)14(12(4-2)20-21)15-16(22)18(24)17(15)23;1-7-9(10-11(17)13(19)12(10)18)14(20)16(15-7)6-8-4-2-3-5-8;4*1-2-4-5-3-1;;;;;;;;;;;;/h11-12,20,22H,1-10H2;11,13,20,22H,3-10H2,1-2H3;8,15,17H,2-6H2,1H3;4*1-5H2;8*1H3;;;;/q;;;;;;;8*-1;4*+2. The van der Waals surface area contributed by atoms with E-state index < -0.39 is 49.8 Å². The van der Waals surface area contributed by atoms with Gasteiger partial charge in [0.1, 0.15) is 0 Å².